The van der Waals surface area contributed by atoms with Crippen LogP contribution in [0, 0.1) is 5.92 Å². The number of amidine groups is 1. The minimum Gasteiger partial charge on any atom is -0.457 e. The predicted molar refractivity (Wildman–Crippen MR) is 143 cm³/mol. The lowest BCUT2D eigenvalue weighted by molar-refractivity contribution is 0.103. The molecule has 2 atom stereocenters. The van der Waals surface area contributed by atoms with E-state index in [-0.39, 0.29) is 22.7 Å². The number of hydrogen-bond donors (Lipinski definition) is 3. The van der Waals surface area contributed by atoms with Crippen molar-refractivity contribution in [1.82, 2.24) is 10.3 Å². The molecule has 1 aliphatic heterocycles. The quantitative estimate of drug-likeness (QED) is 0.211. The first-order chi connectivity index (χ1) is 17.0. The van der Waals surface area contributed by atoms with Crippen LogP contribution in [0.5, 0.6) is 11.5 Å². The molecule has 2 aromatic carbocycles. The summed E-state index contributed by atoms with van der Waals surface area (Å²) in [5.41, 5.74) is 1.29. The topological polar surface area (TPSA) is 99.1 Å². The van der Waals surface area contributed by atoms with Crippen LogP contribution >= 0.6 is 23.4 Å². The number of nitrogens with one attached hydrogen (secondary N) is 2. The normalized spacial score (nSPS) is 17.9. The number of aliphatic hydroxyl groups is 1. The maximum absolute atomic E-state index is 13.5. The van der Waals surface area contributed by atoms with Gasteiger partial charge in [-0.2, -0.15) is 11.8 Å². The van der Waals surface area contributed by atoms with Crippen molar-refractivity contribution in [2.75, 3.05) is 26.0 Å². The number of benzene rings is 2. The van der Waals surface area contributed by atoms with E-state index in [0.29, 0.717) is 52.3 Å². The number of rotatable bonds is 9. The monoisotopic (exact) mass is 510 g/mol. The van der Waals surface area contributed by atoms with Gasteiger partial charge in [-0.05, 0) is 49.1 Å². The van der Waals surface area contributed by atoms with Crippen molar-refractivity contribution in [2.45, 2.75) is 11.7 Å². The van der Waals surface area contributed by atoms with Gasteiger partial charge in [-0.15, -0.1) is 0 Å². The lowest BCUT2D eigenvalue weighted by Crippen LogP contribution is -2.31. The third kappa shape index (κ3) is 5.78. The van der Waals surface area contributed by atoms with Gasteiger partial charge in [0.05, 0.1) is 22.8 Å². The Balaban J connectivity index is 1.55. The second-order valence-electron chi connectivity index (χ2n) is 8.16. The standard InChI is InChI=1S/C26H27ClN4O3S/c1-28-25(30-12-16-10-19(14-32)35-15-16)23-21(13-31-26(23)29-2)24(33)20-9-8-18(11-22(20)27)34-17-6-4-3-5-7-17/h3-9,11,13,16,19,31-32H,2,10,12,14-15H2,1H3,(H,28,30). The van der Waals surface area contributed by atoms with Crippen LogP contribution in [0.2, 0.25) is 5.02 Å². The van der Waals surface area contributed by atoms with Crippen molar-refractivity contribution in [3.05, 3.63) is 76.4 Å². The fourth-order valence-corrected chi connectivity index (χ4v) is 5.61. The number of H-pyrrole nitrogens is 1. The molecule has 0 bridgehead atoms. The highest BCUT2D eigenvalue weighted by Crippen LogP contribution is 2.32. The Hall–Kier alpha value is -3.07. The van der Waals surface area contributed by atoms with E-state index in [1.54, 1.807) is 43.2 Å². The Kier molecular flexibility index (Phi) is 8.28. The van der Waals surface area contributed by atoms with E-state index in [9.17, 15) is 9.90 Å². The molecule has 2 heterocycles. The average Bonchev–Trinajstić information content (AvgIpc) is 3.52. The highest BCUT2D eigenvalue weighted by Gasteiger charge is 2.27. The van der Waals surface area contributed by atoms with Gasteiger partial charge in [0.1, 0.15) is 23.2 Å². The molecule has 2 unspecified atom stereocenters. The van der Waals surface area contributed by atoms with E-state index in [1.165, 1.54) is 0 Å². The predicted octanol–water partition coefficient (Wildman–Crippen LogP) is 5.10. The van der Waals surface area contributed by atoms with Crippen molar-refractivity contribution >= 4 is 47.5 Å². The molecule has 182 valence electrons. The third-order valence-corrected chi connectivity index (χ3v) is 7.60. The SMILES string of the molecule is C=Nc1[nH]cc(C(=O)c2ccc(Oc3ccccc3)cc2Cl)c1C(=NC)NCC1CSC(CO)C1. The van der Waals surface area contributed by atoms with Crippen LogP contribution in [0.3, 0.4) is 0 Å². The molecule has 0 saturated carbocycles. The largest absolute Gasteiger partial charge is 0.457 e. The summed E-state index contributed by atoms with van der Waals surface area (Å²) >= 11 is 8.29. The van der Waals surface area contributed by atoms with Crippen molar-refractivity contribution in [1.29, 1.82) is 0 Å². The Bertz CT molecular complexity index is 1230. The van der Waals surface area contributed by atoms with Crippen molar-refractivity contribution in [3.8, 4) is 11.5 Å². The molecule has 7 nitrogen and oxygen atoms in total. The van der Waals surface area contributed by atoms with E-state index in [0.717, 1.165) is 12.2 Å². The fourth-order valence-electron chi connectivity index (χ4n) is 4.04. The number of aliphatic hydroxyl groups excluding tert-OH is 1. The van der Waals surface area contributed by atoms with Gasteiger partial charge in [-0.1, -0.05) is 29.8 Å². The molecule has 35 heavy (non-hydrogen) atoms. The molecule has 1 saturated heterocycles. The van der Waals surface area contributed by atoms with E-state index in [2.05, 4.69) is 27.0 Å². The van der Waals surface area contributed by atoms with Crippen LogP contribution in [0.1, 0.15) is 27.9 Å². The Morgan fingerprint density at radius 1 is 1.26 bits per heavy atom. The Morgan fingerprint density at radius 3 is 2.71 bits per heavy atom. The van der Waals surface area contributed by atoms with Gasteiger partial charge in [0.25, 0.3) is 0 Å². The molecule has 1 aromatic heterocycles. The average molecular weight is 511 g/mol. The summed E-state index contributed by atoms with van der Waals surface area (Å²) in [4.78, 5) is 25.0. The van der Waals surface area contributed by atoms with Crippen LogP contribution in [0.4, 0.5) is 5.82 Å². The van der Waals surface area contributed by atoms with E-state index in [1.807, 2.05) is 30.3 Å². The van der Waals surface area contributed by atoms with E-state index in [4.69, 9.17) is 16.3 Å². The number of ether oxygens (including phenoxy) is 1. The Labute approximate surface area is 213 Å². The number of aromatic amines is 1. The first-order valence-electron chi connectivity index (χ1n) is 11.2. The zero-order valence-electron chi connectivity index (χ0n) is 19.3. The molecule has 1 aliphatic rings. The van der Waals surface area contributed by atoms with E-state index < -0.39 is 0 Å². The van der Waals surface area contributed by atoms with Gasteiger partial charge in [-0.25, -0.2) is 4.99 Å². The van der Waals surface area contributed by atoms with Crippen molar-refractivity contribution in [2.24, 2.45) is 15.9 Å². The number of carbonyl (C=O) groups is 1. The van der Waals surface area contributed by atoms with Crippen LogP contribution in [-0.4, -0.2) is 59.6 Å². The van der Waals surface area contributed by atoms with Crippen molar-refractivity contribution < 1.29 is 14.6 Å². The maximum atomic E-state index is 13.5. The molecule has 0 spiro atoms. The van der Waals surface area contributed by atoms with Gasteiger partial charge in [0, 0.05) is 36.7 Å². The number of nitrogens with zero attached hydrogens (tertiary/aromatic N) is 2. The summed E-state index contributed by atoms with van der Waals surface area (Å²) in [6.45, 7) is 4.50. The highest BCUT2D eigenvalue weighted by molar-refractivity contribution is 8.00. The molecule has 0 aliphatic carbocycles. The lowest BCUT2D eigenvalue weighted by Gasteiger charge is -2.15. The van der Waals surface area contributed by atoms with Crippen LogP contribution < -0.4 is 10.1 Å². The summed E-state index contributed by atoms with van der Waals surface area (Å²) in [5, 5.41) is 13.3. The molecule has 1 fully saturated rings. The number of para-hydroxylation sites is 1. The maximum Gasteiger partial charge on any atom is 0.196 e. The zero-order valence-corrected chi connectivity index (χ0v) is 20.9. The highest BCUT2D eigenvalue weighted by atomic mass is 35.5. The summed E-state index contributed by atoms with van der Waals surface area (Å²) in [6.07, 6.45) is 2.54. The molecule has 4 rings (SSSR count). The summed E-state index contributed by atoms with van der Waals surface area (Å²) in [5.74, 6) is 3.33. The lowest BCUT2D eigenvalue weighted by atomic mass is 10.0. The zero-order chi connectivity index (χ0) is 24.8. The van der Waals surface area contributed by atoms with Crippen LogP contribution in [-0.2, 0) is 0 Å². The first-order valence-corrected chi connectivity index (χ1v) is 12.7. The molecule has 3 aromatic rings. The van der Waals surface area contributed by atoms with Crippen LogP contribution in [0.15, 0.2) is 64.7 Å². The second kappa shape index (κ2) is 11.6. The number of ketones is 1. The number of carbonyl (C=O) groups excluding carboxylic acids is 1. The number of halogens is 1. The van der Waals surface area contributed by atoms with Gasteiger partial charge >= 0.3 is 0 Å². The summed E-state index contributed by atoms with van der Waals surface area (Å²) in [6, 6.07) is 14.4. The number of hydrogen-bond acceptors (Lipinski definition) is 6. The first kappa shape index (κ1) is 25.0. The molecule has 0 amide bonds. The minimum atomic E-state index is -0.262. The number of thioether (sulfide) groups is 1. The number of aromatic nitrogens is 1. The third-order valence-electron chi connectivity index (χ3n) is 5.81. The van der Waals surface area contributed by atoms with Gasteiger partial charge in [0.2, 0.25) is 0 Å². The van der Waals surface area contributed by atoms with Gasteiger partial charge < -0.3 is 20.1 Å². The molecule has 3 N–H and O–H groups in total. The molecule has 9 heteroatoms. The molecular weight excluding hydrogens is 484 g/mol. The van der Waals surface area contributed by atoms with E-state index >= 15 is 0 Å². The van der Waals surface area contributed by atoms with Gasteiger partial charge in [-0.3, -0.25) is 9.79 Å². The molecule has 0 radical (unpaired) electrons. The summed E-state index contributed by atoms with van der Waals surface area (Å²) < 4.78 is 5.83. The van der Waals surface area contributed by atoms with Crippen LogP contribution in [0.25, 0.3) is 0 Å². The van der Waals surface area contributed by atoms with Crippen molar-refractivity contribution in [3.63, 3.8) is 0 Å². The Morgan fingerprint density at radius 2 is 2.06 bits per heavy atom. The van der Waals surface area contributed by atoms with Gasteiger partial charge in [0.15, 0.2) is 5.78 Å². The summed E-state index contributed by atoms with van der Waals surface area (Å²) in [7, 11) is 1.67. The molecular formula is C26H27ClN4O3S. The second-order valence-corrected chi connectivity index (χ2v) is 9.90. The minimum absolute atomic E-state index is 0.187. The number of aliphatic imine (C=N–C) groups is 2. The fraction of sp³-hybridized carbons (Fsp3) is 0.269. The smallest absolute Gasteiger partial charge is 0.196 e.